The zero-order valence-corrected chi connectivity index (χ0v) is 17.4. The molecular weight excluding hydrogens is 366 g/mol. The number of aromatic nitrogens is 3. The van der Waals surface area contributed by atoms with Gasteiger partial charge in [0.25, 0.3) is 0 Å². The summed E-state index contributed by atoms with van der Waals surface area (Å²) < 4.78 is 2.70. The van der Waals surface area contributed by atoms with Crippen LogP contribution in [0.3, 0.4) is 0 Å². The third-order valence-corrected chi connectivity index (χ3v) is 5.97. The van der Waals surface area contributed by atoms with Crippen LogP contribution >= 0.6 is 12.2 Å². The fraction of sp³-hybridized carbons (Fsp3) is 0.364. The Bertz CT molecular complexity index is 984. The Labute approximate surface area is 171 Å². The molecule has 1 aliphatic heterocycles. The Morgan fingerprint density at radius 2 is 1.71 bits per heavy atom. The number of nitrogens with one attached hydrogen (secondary N) is 1. The van der Waals surface area contributed by atoms with E-state index < -0.39 is 0 Å². The van der Waals surface area contributed by atoms with Crippen LogP contribution in [-0.2, 0) is 6.42 Å². The van der Waals surface area contributed by atoms with Crippen LogP contribution in [0.15, 0.2) is 48.5 Å². The highest BCUT2D eigenvalue weighted by Crippen LogP contribution is 2.24. The van der Waals surface area contributed by atoms with Crippen LogP contribution in [0.4, 0.5) is 5.69 Å². The van der Waals surface area contributed by atoms with E-state index in [2.05, 4.69) is 64.2 Å². The van der Waals surface area contributed by atoms with Crippen molar-refractivity contribution in [3.05, 3.63) is 70.3 Å². The van der Waals surface area contributed by atoms with Crippen LogP contribution in [-0.4, -0.2) is 52.4 Å². The first-order valence-corrected chi connectivity index (χ1v) is 10.3. The first-order chi connectivity index (χ1) is 13.6. The molecular formula is C22H27N5S. The predicted octanol–water partition coefficient (Wildman–Crippen LogP) is 3.91. The van der Waals surface area contributed by atoms with E-state index >= 15 is 0 Å². The van der Waals surface area contributed by atoms with Crippen molar-refractivity contribution in [2.24, 2.45) is 0 Å². The Balaban J connectivity index is 1.38. The lowest BCUT2D eigenvalue weighted by molar-refractivity contribution is 0.259. The Morgan fingerprint density at radius 1 is 0.964 bits per heavy atom. The summed E-state index contributed by atoms with van der Waals surface area (Å²) >= 11 is 5.44. The fourth-order valence-corrected chi connectivity index (χ4v) is 4.15. The quantitative estimate of drug-likeness (QED) is 0.667. The number of piperazine rings is 1. The normalized spacial score (nSPS) is 15.1. The van der Waals surface area contributed by atoms with Crippen LogP contribution < -0.4 is 4.90 Å². The molecule has 5 nitrogen and oxygen atoms in total. The van der Waals surface area contributed by atoms with Crippen LogP contribution in [0.1, 0.15) is 17.0 Å². The molecule has 1 N–H and O–H groups in total. The summed E-state index contributed by atoms with van der Waals surface area (Å²) in [6, 6.07) is 16.8. The maximum Gasteiger partial charge on any atom is 0.199 e. The smallest absolute Gasteiger partial charge is 0.199 e. The minimum absolute atomic E-state index is 0.654. The average molecular weight is 394 g/mol. The lowest BCUT2D eigenvalue weighted by Crippen LogP contribution is -2.47. The molecule has 146 valence electrons. The van der Waals surface area contributed by atoms with Crippen molar-refractivity contribution in [2.75, 3.05) is 37.6 Å². The van der Waals surface area contributed by atoms with Crippen molar-refractivity contribution < 1.29 is 0 Å². The maximum absolute atomic E-state index is 5.44. The molecule has 0 spiro atoms. The molecule has 6 heteroatoms. The Kier molecular flexibility index (Phi) is 5.59. The topological polar surface area (TPSA) is 40.1 Å². The molecule has 0 amide bonds. The van der Waals surface area contributed by atoms with Crippen LogP contribution in [0, 0.1) is 18.6 Å². The molecule has 0 aliphatic carbocycles. The summed E-state index contributed by atoms with van der Waals surface area (Å²) in [5.74, 6) is 0.994. The van der Waals surface area contributed by atoms with Crippen molar-refractivity contribution in [3.63, 3.8) is 0 Å². The fourth-order valence-electron chi connectivity index (χ4n) is 3.89. The van der Waals surface area contributed by atoms with Crippen molar-refractivity contribution in [1.82, 2.24) is 19.7 Å². The van der Waals surface area contributed by atoms with E-state index in [1.54, 1.807) is 0 Å². The molecule has 4 rings (SSSR count). The molecule has 1 aliphatic rings. The summed E-state index contributed by atoms with van der Waals surface area (Å²) in [6.45, 7) is 9.68. The van der Waals surface area contributed by atoms with Gasteiger partial charge < -0.3 is 4.90 Å². The van der Waals surface area contributed by atoms with Gasteiger partial charge in [0.05, 0.1) is 0 Å². The van der Waals surface area contributed by atoms with E-state index in [0.717, 1.165) is 50.7 Å². The van der Waals surface area contributed by atoms with E-state index in [1.165, 1.54) is 16.8 Å². The summed E-state index contributed by atoms with van der Waals surface area (Å²) in [5.41, 5.74) is 5.21. The number of aromatic amines is 1. The number of rotatable bonds is 5. The van der Waals surface area contributed by atoms with E-state index in [0.29, 0.717) is 4.77 Å². The van der Waals surface area contributed by atoms with Gasteiger partial charge in [0.2, 0.25) is 0 Å². The van der Waals surface area contributed by atoms with Gasteiger partial charge in [-0.1, -0.05) is 30.3 Å². The molecule has 1 aromatic heterocycles. The number of benzene rings is 2. The minimum atomic E-state index is 0.654. The lowest BCUT2D eigenvalue weighted by Gasteiger charge is -2.37. The highest BCUT2D eigenvalue weighted by molar-refractivity contribution is 7.71. The second-order valence-electron chi connectivity index (χ2n) is 7.41. The minimum Gasteiger partial charge on any atom is -0.369 e. The van der Waals surface area contributed by atoms with E-state index in [9.17, 15) is 0 Å². The van der Waals surface area contributed by atoms with Gasteiger partial charge in [0, 0.05) is 50.5 Å². The van der Waals surface area contributed by atoms with Gasteiger partial charge in [0.15, 0.2) is 4.77 Å². The van der Waals surface area contributed by atoms with E-state index in [4.69, 9.17) is 12.2 Å². The highest BCUT2D eigenvalue weighted by Gasteiger charge is 2.19. The third kappa shape index (κ3) is 3.88. The third-order valence-electron chi connectivity index (χ3n) is 5.70. The van der Waals surface area contributed by atoms with Gasteiger partial charge in [-0.05, 0) is 55.4 Å². The second kappa shape index (κ2) is 8.29. The number of anilines is 1. The lowest BCUT2D eigenvalue weighted by atomic mass is 10.1. The molecule has 1 fully saturated rings. The summed E-state index contributed by atoms with van der Waals surface area (Å²) in [6.07, 6.45) is 0.880. The predicted molar refractivity (Wildman–Crippen MR) is 117 cm³/mol. The summed E-state index contributed by atoms with van der Waals surface area (Å²) in [4.78, 5) is 5.04. The Morgan fingerprint density at radius 3 is 2.46 bits per heavy atom. The standard InChI is InChI=1S/C22H27N5S/c1-17-7-6-10-20(18(17)2)26-15-13-25(14-16-26)12-11-21-23-24-22(28)27(21)19-8-4-3-5-9-19/h3-10H,11-16H2,1-2H3,(H,24,28). The van der Waals surface area contributed by atoms with Crippen LogP contribution in [0.25, 0.3) is 5.69 Å². The molecule has 2 aromatic carbocycles. The molecule has 0 atom stereocenters. The molecule has 2 heterocycles. The molecule has 0 radical (unpaired) electrons. The zero-order valence-electron chi connectivity index (χ0n) is 16.6. The number of H-pyrrole nitrogens is 1. The second-order valence-corrected chi connectivity index (χ2v) is 7.80. The largest absolute Gasteiger partial charge is 0.369 e. The van der Waals surface area contributed by atoms with Crippen molar-refractivity contribution in [3.8, 4) is 5.69 Å². The number of nitrogens with zero attached hydrogens (tertiary/aromatic N) is 4. The number of aryl methyl sites for hydroxylation is 1. The molecule has 1 saturated heterocycles. The van der Waals surface area contributed by atoms with Crippen molar-refractivity contribution >= 4 is 17.9 Å². The first kappa shape index (κ1) is 18.9. The first-order valence-electron chi connectivity index (χ1n) is 9.89. The molecule has 0 unspecified atom stereocenters. The highest BCUT2D eigenvalue weighted by atomic mass is 32.1. The zero-order chi connectivity index (χ0) is 19.5. The number of hydrogen-bond donors (Lipinski definition) is 1. The average Bonchev–Trinajstić information content (AvgIpc) is 3.10. The van der Waals surface area contributed by atoms with E-state index in [1.807, 2.05) is 22.8 Å². The van der Waals surface area contributed by atoms with Gasteiger partial charge in [-0.2, -0.15) is 5.10 Å². The van der Waals surface area contributed by atoms with Gasteiger partial charge >= 0.3 is 0 Å². The molecule has 0 saturated carbocycles. The Hall–Kier alpha value is -2.44. The SMILES string of the molecule is Cc1cccc(N2CCN(CCc3n[nH]c(=S)n3-c3ccccc3)CC2)c1C. The summed E-state index contributed by atoms with van der Waals surface area (Å²) in [7, 11) is 0. The molecule has 3 aromatic rings. The maximum atomic E-state index is 5.44. The van der Waals surface area contributed by atoms with Gasteiger partial charge in [-0.3, -0.25) is 14.6 Å². The monoisotopic (exact) mass is 393 g/mol. The van der Waals surface area contributed by atoms with E-state index in [-0.39, 0.29) is 0 Å². The number of para-hydroxylation sites is 1. The van der Waals surface area contributed by atoms with Gasteiger partial charge in [-0.25, -0.2) is 0 Å². The molecule has 0 bridgehead atoms. The van der Waals surface area contributed by atoms with Crippen LogP contribution in [0.2, 0.25) is 0 Å². The number of hydrogen-bond acceptors (Lipinski definition) is 4. The van der Waals surface area contributed by atoms with Crippen LogP contribution in [0.5, 0.6) is 0 Å². The van der Waals surface area contributed by atoms with Crippen molar-refractivity contribution in [1.29, 1.82) is 0 Å². The van der Waals surface area contributed by atoms with Gasteiger partial charge in [-0.15, -0.1) is 0 Å². The summed E-state index contributed by atoms with van der Waals surface area (Å²) in [5, 5.41) is 7.42. The van der Waals surface area contributed by atoms with Gasteiger partial charge in [0.1, 0.15) is 5.82 Å². The van der Waals surface area contributed by atoms with Crippen molar-refractivity contribution in [2.45, 2.75) is 20.3 Å². The molecule has 28 heavy (non-hydrogen) atoms.